The Morgan fingerprint density at radius 1 is 1.23 bits per heavy atom. The van der Waals surface area contributed by atoms with Crippen molar-refractivity contribution in [3.8, 4) is 22.8 Å². The maximum atomic E-state index is 12.3. The van der Waals surface area contributed by atoms with Gasteiger partial charge >= 0.3 is 6.18 Å². The molecule has 0 fully saturated rings. The van der Waals surface area contributed by atoms with Crippen molar-refractivity contribution >= 4 is 22.4 Å². The van der Waals surface area contributed by atoms with Gasteiger partial charge in [0.2, 0.25) is 5.91 Å². The van der Waals surface area contributed by atoms with Crippen LogP contribution in [0.3, 0.4) is 0 Å². The average Bonchev–Trinajstić information content (AvgIpc) is 3.19. The summed E-state index contributed by atoms with van der Waals surface area (Å²) in [4.78, 5) is 20.6. The third kappa shape index (κ3) is 6.18. The fourth-order valence-corrected chi connectivity index (χ4v) is 3.30. The van der Waals surface area contributed by atoms with E-state index in [0.717, 1.165) is 16.8 Å². The summed E-state index contributed by atoms with van der Waals surface area (Å²) >= 11 is 1.31. The number of nitrogens with zero attached hydrogens (tertiary/aromatic N) is 2. The fourth-order valence-electron chi connectivity index (χ4n) is 2.56. The van der Waals surface area contributed by atoms with Gasteiger partial charge in [-0.1, -0.05) is 6.07 Å². The Kier molecular flexibility index (Phi) is 6.88. The van der Waals surface area contributed by atoms with Crippen LogP contribution >= 0.6 is 11.3 Å². The van der Waals surface area contributed by atoms with E-state index >= 15 is 0 Å². The van der Waals surface area contributed by atoms with E-state index < -0.39 is 12.8 Å². The molecule has 6 nitrogen and oxygen atoms in total. The standard InChI is InChI=1S/C20H18F3N3O3S/c1-28-17-9-13(4-6-16(17)29-12-20(21,22)23)5-7-18(27)26-19-25-15(11-30-19)14-3-2-8-24-10-14/h2-4,6,8-11H,5,7,12H2,1H3,(H,25,26,27). The number of methoxy groups -OCH3 is 1. The van der Waals surface area contributed by atoms with Crippen molar-refractivity contribution in [2.24, 2.45) is 0 Å². The first-order valence-electron chi connectivity index (χ1n) is 8.86. The minimum Gasteiger partial charge on any atom is -0.493 e. The van der Waals surface area contributed by atoms with Crippen LogP contribution in [0.2, 0.25) is 0 Å². The summed E-state index contributed by atoms with van der Waals surface area (Å²) in [5.74, 6) is -0.0506. The molecular formula is C20H18F3N3O3S. The molecule has 0 radical (unpaired) electrons. The number of nitrogens with one attached hydrogen (secondary N) is 1. The number of carbonyl (C=O) groups excluding carboxylic acids is 1. The Hall–Kier alpha value is -3.14. The number of aryl methyl sites for hydroxylation is 1. The van der Waals surface area contributed by atoms with Crippen molar-refractivity contribution in [1.29, 1.82) is 0 Å². The Morgan fingerprint density at radius 2 is 2.07 bits per heavy atom. The average molecular weight is 437 g/mol. The van der Waals surface area contributed by atoms with E-state index in [1.807, 2.05) is 11.4 Å². The number of amides is 1. The van der Waals surface area contributed by atoms with Gasteiger partial charge in [0.1, 0.15) is 0 Å². The molecule has 30 heavy (non-hydrogen) atoms. The quantitative estimate of drug-likeness (QED) is 0.552. The van der Waals surface area contributed by atoms with Gasteiger partial charge in [-0.3, -0.25) is 9.78 Å². The topological polar surface area (TPSA) is 73.3 Å². The highest BCUT2D eigenvalue weighted by Gasteiger charge is 2.29. The molecule has 1 aromatic carbocycles. The van der Waals surface area contributed by atoms with E-state index in [4.69, 9.17) is 9.47 Å². The number of halogens is 3. The summed E-state index contributed by atoms with van der Waals surface area (Å²) in [6, 6.07) is 8.25. The number of hydrogen-bond donors (Lipinski definition) is 1. The molecule has 2 aromatic heterocycles. The van der Waals surface area contributed by atoms with E-state index in [-0.39, 0.29) is 23.8 Å². The molecule has 3 rings (SSSR count). The number of anilines is 1. The maximum absolute atomic E-state index is 12.3. The number of ether oxygens (including phenoxy) is 2. The molecule has 0 saturated heterocycles. The maximum Gasteiger partial charge on any atom is 0.422 e. The van der Waals surface area contributed by atoms with Crippen LogP contribution in [0.5, 0.6) is 11.5 Å². The summed E-state index contributed by atoms with van der Waals surface area (Å²) in [5.41, 5.74) is 2.31. The highest BCUT2D eigenvalue weighted by molar-refractivity contribution is 7.14. The summed E-state index contributed by atoms with van der Waals surface area (Å²) < 4.78 is 46.8. The normalized spacial score (nSPS) is 11.2. The third-order valence-corrected chi connectivity index (χ3v) is 4.73. The summed E-state index contributed by atoms with van der Waals surface area (Å²) in [6.07, 6.45) is -0.524. The van der Waals surface area contributed by atoms with Crippen LogP contribution in [-0.2, 0) is 11.2 Å². The van der Waals surface area contributed by atoms with Crippen LogP contribution < -0.4 is 14.8 Å². The predicted octanol–water partition coefficient (Wildman–Crippen LogP) is 4.73. The van der Waals surface area contributed by atoms with Gasteiger partial charge in [0.05, 0.1) is 12.8 Å². The SMILES string of the molecule is COc1cc(CCC(=O)Nc2nc(-c3cccnc3)cs2)ccc1OCC(F)(F)F. The lowest BCUT2D eigenvalue weighted by Gasteiger charge is -2.13. The lowest BCUT2D eigenvalue weighted by atomic mass is 10.1. The first-order valence-corrected chi connectivity index (χ1v) is 9.74. The van der Waals surface area contributed by atoms with Gasteiger partial charge < -0.3 is 14.8 Å². The van der Waals surface area contributed by atoms with Crippen molar-refractivity contribution in [3.05, 3.63) is 53.7 Å². The van der Waals surface area contributed by atoms with Gasteiger partial charge in [-0.05, 0) is 36.2 Å². The monoisotopic (exact) mass is 437 g/mol. The highest BCUT2D eigenvalue weighted by Crippen LogP contribution is 2.30. The van der Waals surface area contributed by atoms with E-state index in [1.54, 1.807) is 30.6 Å². The molecule has 0 aliphatic rings. The summed E-state index contributed by atoms with van der Waals surface area (Å²) in [7, 11) is 1.34. The lowest BCUT2D eigenvalue weighted by Crippen LogP contribution is -2.19. The predicted molar refractivity (Wildman–Crippen MR) is 107 cm³/mol. The molecule has 0 aliphatic heterocycles. The number of carbonyl (C=O) groups is 1. The summed E-state index contributed by atoms with van der Waals surface area (Å²) in [6.45, 7) is -1.40. The Balaban J connectivity index is 1.55. The van der Waals surface area contributed by atoms with Crippen molar-refractivity contribution in [3.63, 3.8) is 0 Å². The number of thiazole rings is 1. The van der Waals surface area contributed by atoms with Gasteiger partial charge in [0, 0.05) is 29.8 Å². The van der Waals surface area contributed by atoms with Gasteiger partial charge in [-0.15, -0.1) is 11.3 Å². The second-order valence-electron chi connectivity index (χ2n) is 6.22. The minimum absolute atomic E-state index is 0.00579. The number of hydrogen-bond acceptors (Lipinski definition) is 6. The third-order valence-electron chi connectivity index (χ3n) is 3.97. The number of rotatable bonds is 8. The number of alkyl halides is 3. The van der Waals surface area contributed by atoms with Crippen LogP contribution in [0.25, 0.3) is 11.3 Å². The van der Waals surface area contributed by atoms with Gasteiger partial charge in [-0.25, -0.2) is 4.98 Å². The Bertz CT molecular complexity index is 994. The van der Waals surface area contributed by atoms with Crippen LogP contribution in [0.1, 0.15) is 12.0 Å². The molecule has 1 amide bonds. The zero-order valence-electron chi connectivity index (χ0n) is 15.9. The van der Waals surface area contributed by atoms with Gasteiger partial charge in [0.15, 0.2) is 23.2 Å². The van der Waals surface area contributed by atoms with Crippen molar-refractivity contribution in [2.75, 3.05) is 19.0 Å². The molecule has 0 aliphatic carbocycles. The highest BCUT2D eigenvalue weighted by atomic mass is 32.1. The van der Waals surface area contributed by atoms with E-state index in [2.05, 4.69) is 15.3 Å². The molecule has 2 heterocycles. The van der Waals surface area contributed by atoms with Crippen molar-refractivity contribution in [2.45, 2.75) is 19.0 Å². The first kappa shape index (κ1) is 21.6. The Morgan fingerprint density at radius 3 is 2.77 bits per heavy atom. The van der Waals surface area contributed by atoms with Crippen LogP contribution in [-0.4, -0.2) is 35.8 Å². The molecular weight excluding hydrogens is 419 g/mol. The first-order chi connectivity index (χ1) is 14.3. The smallest absolute Gasteiger partial charge is 0.422 e. The molecule has 0 bridgehead atoms. The molecule has 0 unspecified atom stereocenters. The molecule has 10 heteroatoms. The largest absolute Gasteiger partial charge is 0.493 e. The molecule has 3 aromatic rings. The minimum atomic E-state index is -4.44. The number of aromatic nitrogens is 2. The molecule has 158 valence electrons. The molecule has 1 N–H and O–H groups in total. The zero-order chi connectivity index (χ0) is 21.6. The molecule has 0 atom stereocenters. The molecule has 0 spiro atoms. The van der Waals surface area contributed by atoms with E-state index in [0.29, 0.717) is 11.6 Å². The van der Waals surface area contributed by atoms with E-state index in [1.165, 1.54) is 24.5 Å². The lowest BCUT2D eigenvalue weighted by molar-refractivity contribution is -0.153. The van der Waals surface area contributed by atoms with Crippen molar-refractivity contribution in [1.82, 2.24) is 9.97 Å². The zero-order valence-corrected chi connectivity index (χ0v) is 16.7. The van der Waals surface area contributed by atoms with Gasteiger partial charge in [-0.2, -0.15) is 13.2 Å². The summed E-state index contributed by atoms with van der Waals surface area (Å²) in [5, 5.41) is 5.06. The van der Waals surface area contributed by atoms with Crippen LogP contribution in [0.15, 0.2) is 48.1 Å². The van der Waals surface area contributed by atoms with Crippen molar-refractivity contribution < 1.29 is 27.4 Å². The Labute approximate surface area is 174 Å². The van der Waals surface area contributed by atoms with Gasteiger partial charge in [0.25, 0.3) is 0 Å². The van der Waals surface area contributed by atoms with E-state index in [9.17, 15) is 18.0 Å². The fraction of sp³-hybridized carbons (Fsp3) is 0.250. The molecule has 0 saturated carbocycles. The van der Waals surface area contributed by atoms with Crippen LogP contribution in [0.4, 0.5) is 18.3 Å². The number of pyridine rings is 1. The number of benzene rings is 1. The van der Waals surface area contributed by atoms with Crippen LogP contribution in [0, 0.1) is 0 Å². The second kappa shape index (κ2) is 9.57. The second-order valence-corrected chi connectivity index (χ2v) is 7.07.